The van der Waals surface area contributed by atoms with Crippen LogP contribution in [0.25, 0.3) is 0 Å². The van der Waals surface area contributed by atoms with Crippen LogP contribution in [0.3, 0.4) is 0 Å². The van der Waals surface area contributed by atoms with E-state index in [9.17, 15) is 4.79 Å². The van der Waals surface area contributed by atoms with Gasteiger partial charge >= 0.3 is 5.63 Å². The molecule has 0 spiro atoms. The summed E-state index contributed by atoms with van der Waals surface area (Å²) in [5, 5.41) is 0. The van der Waals surface area contributed by atoms with Gasteiger partial charge in [-0.2, -0.15) is 0 Å². The molecule has 1 aromatic heterocycles. The van der Waals surface area contributed by atoms with E-state index >= 15 is 0 Å². The van der Waals surface area contributed by atoms with E-state index in [1.165, 1.54) is 31.7 Å². The van der Waals surface area contributed by atoms with Gasteiger partial charge in [0.25, 0.3) is 0 Å². The van der Waals surface area contributed by atoms with Gasteiger partial charge in [-0.15, -0.1) is 0 Å². The predicted molar refractivity (Wildman–Crippen MR) is 57.4 cm³/mol. The van der Waals surface area contributed by atoms with Gasteiger partial charge in [0.15, 0.2) is 0 Å². The number of unbranched alkanes of at least 4 members (excludes halogenated alkanes) is 4. The zero-order chi connectivity index (χ0) is 10.2. The Morgan fingerprint density at radius 3 is 2.64 bits per heavy atom. The van der Waals surface area contributed by atoms with Gasteiger partial charge < -0.3 is 4.42 Å². The number of hydrogen-bond donors (Lipinski definition) is 0. The van der Waals surface area contributed by atoms with E-state index in [1.54, 1.807) is 6.07 Å². The van der Waals surface area contributed by atoms with E-state index in [2.05, 4.69) is 6.92 Å². The smallest absolute Gasteiger partial charge is 0.335 e. The molecule has 14 heavy (non-hydrogen) atoms. The Kier molecular flexibility index (Phi) is 5.05. The van der Waals surface area contributed by atoms with Gasteiger partial charge in [0.1, 0.15) is 5.76 Å². The molecule has 2 heteroatoms. The molecule has 0 saturated carbocycles. The summed E-state index contributed by atoms with van der Waals surface area (Å²) in [7, 11) is 0. The second-order valence-electron chi connectivity index (χ2n) is 3.58. The summed E-state index contributed by atoms with van der Waals surface area (Å²) in [6.07, 6.45) is 7.09. The number of rotatable bonds is 6. The molecule has 0 saturated heterocycles. The molecule has 1 aromatic rings. The third-order valence-corrected chi connectivity index (χ3v) is 2.27. The zero-order valence-corrected chi connectivity index (χ0v) is 8.79. The molecule has 78 valence electrons. The fraction of sp³-hybridized carbons (Fsp3) is 0.583. The second kappa shape index (κ2) is 6.41. The molecule has 0 fully saturated rings. The summed E-state index contributed by atoms with van der Waals surface area (Å²) in [5.41, 5.74) is -0.240. The van der Waals surface area contributed by atoms with Crippen LogP contribution in [0.2, 0.25) is 0 Å². The van der Waals surface area contributed by atoms with Crippen LogP contribution in [0.15, 0.2) is 27.4 Å². The highest BCUT2D eigenvalue weighted by molar-refractivity contribution is 4.98. The number of aryl methyl sites for hydroxylation is 1. The van der Waals surface area contributed by atoms with Crippen molar-refractivity contribution in [3.8, 4) is 0 Å². The normalized spacial score (nSPS) is 10.4. The minimum atomic E-state index is -0.240. The van der Waals surface area contributed by atoms with Crippen LogP contribution in [-0.4, -0.2) is 0 Å². The molecule has 0 aliphatic rings. The van der Waals surface area contributed by atoms with Gasteiger partial charge in [0.2, 0.25) is 0 Å². The minimum absolute atomic E-state index is 0.240. The highest BCUT2D eigenvalue weighted by Gasteiger charge is 1.96. The Balaban J connectivity index is 2.21. The zero-order valence-electron chi connectivity index (χ0n) is 8.79. The Morgan fingerprint density at radius 2 is 1.93 bits per heavy atom. The van der Waals surface area contributed by atoms with Gasteiger partial charge in [-0.3, -0.25) is 0 Å². The first kappa shape index (κ1) is 11.0. The van der Waals surface area contributed by atoms with Crippen molar-refractivity contribution in [1.29, 1.82) is 0 Å². The van der Waals surface area contributed by atoms with E-state index in [1.807, 2.05) is 6.07 Å². The van der Waals surface area contributed by atoms with Crippen LogP contribution in [-0.2, 0) is 6.42 Å². The molecule has 0 unspecified atom stereocenters. The second-order valence-corrected chi connectivity index (χ2v) is 3.58. The van der Waals surface area contributed by atoms with Crippen LogP contribution in [0.5, 0.6) is 0 Å². The van der Waals surface area contributed by atoms with Crippen LogP contribution in [0, 0.1) is 0 Å². The van der Waals surface area contributed by atoms with E-state index in [0.717, 1.165) is 18.6 Å². The summed E-state index contributed by atoms with van der Waals surface area (Å²) < 4.78 is 5.03. The highest BCUT2D eigenvalue weighted by Crippen LogP contribution is 2.07. The molecule has 0 aliphatic heterocycles. The summed E-state index contributed by atoms with van der Waals surface area (Å²) in [5.74, 6) is 0.814. The van der Waals surface area contributed by atoms with Crippen LogP contribution >= 0.6 is 0 Å². The summed E-state index contributed by atoms with van der Waals surface area (Å²) in [6, 6.07) is 5.08. The SMILES string of the molecule is CCCCCCCc1cccc(=O)o1. The Morgan fingerprint density at radius 1 is 1.14 bits per heavy atom. The first-order chi connectivity index (χ1) is 6.83. The fourth-order valence-electron chi connectivity index (χ4n) is 1.47. The van der Waals surface area contributed by atoms with Gasteiger partial charge in [-0.05, 0) is 12.5 Å². The Labute approximate surface area is 85.0 Å². The van der Waals surface area contributed by atoms with Crippen molar-refractivity contribution in [3.63, 3.8) is 0 Å². The van der Waals surface area contributed by atoms with Gasteiger partial charge in [-0.1, -0.05) is 38.7 Å². The van der Waals surface area contributed by atoms with Crippen molar-refractivity contribution in [1.82, 2.24) is 0 Å². The maximum atomic E-state index is 10.9. The van der Waals surface area contributed by atoms with Crippen molar-refractivity contribution in [2.24, 2.45) is 0 Å². The monoisotopic (exact) mass is 194 g/mol. The molecule has 0 radical (unpaired) electrons. The maximum absolute atomic E-state index is 10.9. The molecule has 1 heterocycles. The van der Waals surface area contributed by atoms with E-state index < -0.39 is 0 Å². The maximum Gasteiger partial charge on any atom is 0.335 e. The third kappa shape index (κ3) is 4.26. The Hall–Kier alpha value is -1.05. The summed E-state index contributed by atoms with van der Waals surface area (Å²) >= 11 is 0. The molecular formula is C12H18O2. The molecule has 0 bridgehead atoms. The van der Waals surface area contributed by atoms with Crippen LogP contribution in [0.4, 0.5) is 0 Å². The van der Waals surface area contributed by atoms with Crippen molar-refractivity contribution >= 4 is 0 Å². The van der Waals surface area contributed by atoms with Crippen molar-refractivity contribution < 1.29 is 4.42 Å². The average molecular weight is 194 g/mol. The van der Waals surface area contributed by atoms with Crippen molar-refractivity contribution in [2.75, 3.05) is 0 Å². The minimum Gasteiger partial charge on any atom is -0.428 e. The molecule has 2 nitrogen and oxygen atoms in total. The highest BCUT2D eigenvalue weighted by atomic mass is 16.4. The molecule has 0 amide bonds. The van der Waals surface area contributed by atoms with E-state index in [-0.39, 0.29) is 5.63 Å². The van der Waals surface area contributed by atoms with Crippen molar-refractivity contribution in [2.45, 2.75) is 45.4 Å². The van der Waals surface area contributed by atoms with Crippen molar-refractivity contribution in [3.05, 3.63) is 34.4 Å². The van der Waals surface area contributed by atoms with Gasteiger partial charge in [0, 0.05) is 12.5 Å². The number of hydrogen-bond acceptors (Lipinski definition) is 2. The first-order valence-electron chi connectivity index (χ1n) is 5.42. The topological polar surface area (TPSA) is 30.2 Å². The average Bonchev–Trinajstić information content (AvgIpc) is 2.18. The molecular weight excluding hydrogens is 176 g/mol. The van der Waals surface area contributed by atoms with E-state index in [4.69, 9.17) is 4.42 Å². The molecule has 0 aliphatic carbocycles. The van der Waals surface area contributed by atoms with Crippen LogP contribution in [0.1, 0.15) is 44.8 Å². The van der Waals surface area contributed by atoms with Gasteiger partial charge in [-0.25, -0.2) is 4.79 Å². The lowest BCUT2D eigenvalue weighted by molar-refractivity contribution is 0.448. The molecule has 1 rings (SSSR count). The molecule has 0 N–H and O–H groups in total. The Bertz CT molecular complexity index is 301. The standard InChI is InChI=1S/C12H18O2/c1-2-3-4-5-6-8-11-9-7-10-12(13)14-11/h7,9-10H,2-6,8H2,1H3. The molecule has 0 atom stereocenters. The molecule has 0 aromatic carbocycles. The lowest BCUT2D eigenvalue weighted by atomic mass is 10.1. The van der Waals surface area contributed by atoms with E-state index in [0.29, 0.717) is 0 Å². The summed E-state index contributed by atoms with van der Waals surface area (Å²) in [4.78, 5) is 10.9. The summed E-state index contributed by atoms with van der Waals surface area (Å²) in [6.45, 7) is 2.20. The quantitative estimate of drug-likeness (QED) is 0.651. The first-order valence-corrected chi connectivity index (χ1v) is 5.42. The van der Waals surface area contributed by atoms with Crippen LogP contribution < -0.4 is 5.63 Å². The van der Waals surface area contributed by atoms with Gasteiger partial charge in [0.05, 0.1) is 0 Å². The third-order valence-electron chi connectivity index (χ3n) is 2.27. The lowest BCUT2D eigenvalue weighted by Gasteiger charge is -1.99. The predicted octanol–water partition coefficient (Wildman–Crippen LogP) is 3.15. The fourth-order valence-corrected chi connectivity index (χ4v) is 1.47. The largest absolute Gasteiger partial charge is 0.428 e. The lowest BCUT2D eigenvalue weighted by Crippen LogP contribution is -1.98.